The number of hydrogen-bond donors (Lipinski definition) is 1. The van der Waals surface area contributed by atoms with Crippen molar-refractivity contribution in [1.82, 2.24) is 4.90 Å². The zero-order valence-corrected chi connectivity index (χ0v) is 12.3. The molecule has 0 atom stereocenters. The Bertz CT molecular complexity index is 592. The Hall–Kier alpha value is -2.30. The molecular weight excluding hydrogens is 270 g/mol. The average molecular weight is 289 g/mol. The number of amides is 1. The Kier molecular flexibility index (Phi) is 4.62. The van der Waals surface area contributed by atoms with Crippen LogP contribution in [-0.4, -0.2) is 35.5 Å². The van der Waals surface area contributed by atoms with Crippen LogP contribution in [0, 0.1) is 6.92 Å². The summed E-state index contributed by atoms with van der Waals surface area (Å²) in [4.78, 5) is 24.5. The summed E-state index contributed by atoms with van der Waals surface area (Å²) < 4.78 is 5.50. The molecule has 0 aromatic heterocycles. The molecule has 1 aliphatic carbocycles. The highest BCUT2D eigenvalue weighted by Crippen LogP contribution is 2.22. The minimum atomic E-state index is -0.978. The van der Waals surface area contributed by atoms with E-state index >= 15 is 0 Å². The zero-order valence-electron chi connectivity index (χ0n) is 12.3. The third-order valence-electron chi connectivity index (χ3n) is 3.59. The fourth-order valence-corrected chi connectivity index (χ4v) is 2.30. The van der Waals surface area contributed by atoms with Crippen LogP contribution in [0.3, 0.4) is 0 Å². The van der Waals surface area contributed by atoms with Crippen molar-refractivity contribution in [2.24, 2.45) is 0 Å². The number of likely N-dealkylation sites (N-methyl/N-ethyl adjacent to an activating group) is 1. The molecule has 5 heteroatoms. The molecule has 0 fully saturated rings. The molecule has 0 radical (unpaired) electrons. The third-order valence-corrected chi connectivity index (χ3v) is 3.59. The highest BCUT2D eigenvalue weighted by Gasteiger charge is 2.17. The average Bonchev–Trinajstić information content (AvgIpc) is 2.98. The quantitative estimate of drug-likeness (QED) is 0.904. The van der Waals surface area contributed by atoms with Crippen molar-refractivity contribution in [3.63, 3.8) is 0 Å². The Morgan fingerprint density at radius 3 is 2.71 bits per heavy atom. The van der Waals surface area contributed by atoms with Gasteiger partial charge >= 0.3 is 5.97 Å². The molecule has 1 N–H and O–H groups in total. The maximum atomic E-state index is 12.1. The van der Waals surface area contributed by atoms with E-state index in [1.165, 1.54) is 12.1 Å². The lowest BCUT2D eigenvalue weighted by atomic mass is 10.1. The minimum Gasteiger partial charge on any atom is -0.483 e. The number of carboxylic acids is 1. The monoisotopic (exact) mass is 289 g/mol. The first-order valence-corrected chi connectivity index (χ1v) is 6.91. The Labute approximate surface area is 123 Å². The SMILES string of the molecule is Cc1cc(C(=O)O)ccc1OCC(=O)N(C)C1=CCCC1. The summed E-state index contributed by atoms with van der Waals surface area (Å²) >= 11 is 0. The minimum absolute atomic E-state index is 0.0545. The van der Waals surface area contributed by atoms with E-state index in [0.29, 0.717) is 11.3 Å². The van der Waals surface area contributed by atoms with Gasteiger partial charge in [0.2, 0.25) is 0 Å². The van der Waals surface area contributed by atoms with Crippen molar-refractivity contribution in [1.29, 1.82) is 0 Å². The molecule has 0 bridgehead atoms. The predicted molar refractivity (Wildman–Crippen MR) is 78.3 cm³/mol. The second-order valence-electron chi connectivity index (χ2n) is 5.11. The van der Waals surface area contributed by atoms with E-state index in [9.17, 15) is 9.59 Å². The highest BCUT2D eigenvalue weighted by atomic mass is 16.5. The number of benzene rings is 1. The van der Waals surface area contributed by atoms with Crippen LogP contribution in [0.4, 0.5) is 0 Å². The van der Waals surface area contributed by atoms with Crippen molar-refractivity contribution < 1.29 is 19.4 Å². The van der Waals surface area contributed by atoms with Crippen LogP contribution in [0.1, 0.15) is 35.2 Å². The number of carbonyl (C=O) groups excluding carboxylic acids is 1. The second-order valence-corrected chi connectivity index (χ2v) is 5.11. The summed E-state index contributed by atoms with van der Waals surface area (Å²) in [5.74, 6) is -0.555. The summed E-state index contributed by atoms with van der Waals surface area (Å²) in [6.45, 7) is 1.70. The molecule has 1 aliphatic rings. The lowest BCUT2D eigenvalue weighted by molar-refractivity contribution is -0.130. The van der Waals surface area contributed by atoms with Crippen molar-refractivity contribution in [2.75, 3.05) is 13.7 Å². The normalized spacial score (nSPS) is 13.7. The molecule has 0 saturated heterocycles. The van der Waals surface area contributed by atoms with Gasteiger partial charge in [-0.25, -0.2) is 4.79 Å². The van der Waals surface area contributed by atoms with E-state index in [-0.39, 0.29) is 18.1 Å². The number of hydrogen-bond acceptors (Lipinski definition) is 3. The first-order valence-electron chi connectivity index (χ1n) is 6.91. The Morgan fingerprint density at radius 1 is 1.38 bits per heavy atom. The van der Waals surface area contributed by atoms with E-state index in [1.807, 2.05) is 0 Å². The molecule has 21 heavy (non-hydrogen) atoms. The number of aromatic carboxylic acids is 1. The topological polar surface area (TPSA) is 66.8 Å². The first-order chi connectivity index (χ1) is 9.99. The number of ether oxygens (including phenoxy) is 1. The van der Waals surface area contributed by atoms with Gasteiger partial charge in [-0.05, 0) is 49.9 Å². The summed E-state index contributed by atoms with van der Waals surface area (Å²) in [5.41, 5.74) is 1.95. The molecule has 1 aromatic carbocycles. The van der Waals surface area contributed by atoms with E-state index in [4.69, 9.17) is 9.84 Å². The van der Waals surface area contributed by atoms with Gasteiger partial charge in [0.25, 0.3) is 5.91 Å². The number of carboxylic acid groups (broad SMARTS) is 1. The van der Waals surface area contributed by atoms with Crippen molar-refractivity contribution >= 4 is 11.9 Å². The molecule has 2 rings (SSSR count). The number of nitrogens with zero attached hydrogens (tertiary/aromatic N) is 1. The molecule has 112 valence electrons. The van der Waals surface area contributed by atoms with Gasteiger partial charge < -0.3 is 14.7 Å². The summed E-state index contributed by atoms with van der Waals surface area (Å²) in [6, 6.07) is 4.59. The fraction of sp³-hybridized carbons (Fsp3) is 0.375. The van der Waals surface area contributed by atoms with Crippen LogP contribution in [0.25, 0.3) is 0 Å². The van der Waals surface area contributed by atoms with Crippen LogP contribution < -0.4 is 4.74 Å². The second kappa shape index (κ2) is 6.43. The molecular formula is C16H19NO4. The number of carbonyl (C=O) groups is 2. The summed E-state index contributed by atoms with van der Waals surface area (Å²) in [7, 11) is 1.75. The molecule has 0 heterocycles. The van der Waals surface area contributed by atoms with Crippen molar-refractivity contribution in [3.8, 4) is 5.75 Å². The Balaban J connectivity index is 1.96. The summed E-state index contributed by atoms with van der Waals surface area (Å²) in [5, 5.41) is 8.90. The van der Waals surface area contributed by atoms with Gasteiger partial charge in [0.15, 0.2) is 6.61 Å². The number of allylic oxidation sites excluding steroid dienone is 2. The molecule has 1 aromatic rings. The van der Waals surface area contributed by atoms with E-state index in [2.05, 4.69) is 6.08 Å². The van der Waals surface area contributed by atoms with Crippen LogP contribution in [0.5, 0.6) is 5.75 Å². The van der Waals surface area contributed by atoms with E-state index in [0.717, 1.165) is 25.0 Å². The van der Waals surface area contributed by atoms with Crippen LogP contribution in [0.2, 0.25) is 0 Å². The maximum absolute atomic E-state index is 12.1. The Morgan fingerprint density at radius 2 is 2.14 bits per heavy atom. The lowest BCUT2D eigenvalue weighted by Crippen LogP contribution is -2.30. The fourth-order valence-electron chi connectivity index (χ4n) is 2.30. The van der Waals surface area contributed by atoms with Gasteiger partial charge in [0, 0.05) is 12.7 Å². The van der Waals surface area contributed by atoms with Crippen LogP contribution in [-0.2, 0) is 4.79 Å². The molecule has 5 nitrogen and oxygen atoms in total. The highest BCUT2D eigenvalue weighted by molar-refractivity contribution is 5.88. The van der Waals surface area contributed by atoms with Gasteiger partial charge in [-0.15, -0.1) is 0 Å². The van der Waals surface area contributed by atoms with Gasteiger partial charge in [-0.1, -0.05) is 6.08 Å². The van der Waals surface area contributed by atoms with Gasteiger partial charge in [-0.3, -0.25) is 4.79 Å². The zero-order chi connectivity index (χ0) is 15.4. The molecule has 0 aliphatic heterocycles. The molecule has 0 spiro atoms. The van der Waals surface area contributed by atoms with Crippen molar-refractivity contribution in [3.05, 3.63) is 41.1 Å². The third kappa shape index (κ3) is 3.62. The smallest absolute Gasteiger partial charge is 0.335 e. The van der Waals surface area contributed by atoms with Crippen LogP contribution in [0.15, 0.2) is 30.0 Å². The molecule has 0 saturated carbocycles. The molecule has 0 unspecified atom stereocenters. The van der Waals surface area contributed by atoms with E-state index in [1.54, 1.807) is 24.9 Å². The molecule has 1 amide bonds. The van der Waals surface area contributed by atoms with Crippen molar-refractivity contribution in [2.45, 2.75) is 26.2 Å². The van der Waals surface area contributed by atoms with Gasteiger partial charge in [0.1, 0.15) is 5.75 Å². The first kappa shape index (κ1) is 15.1. The van der Waals surface area contributed by atoms with E-state index < -0.39 is 5.97 Å². The van der Waals surface area contributed by atoms with Crippen LogP contribution >= 0.6 is 0 Å². The number of rotatable bonds is 5. The predicted octanol–water partition coefficient (Wildman–Crippen LogP) is 2.60. The standard InChI is InChI=1S/C16H19NO4/c1-11-9-12(16(19)20)7-8-14(11)21-10-15(18)17(2)13-5-3-4-6-13/h5,7-9H,3-4,6,10H2,1-2H3,(H,19,20). The number of aryl methyl sites for hydroxylation is 1. The summed E-state index contributed by atoms with van der Waals surface area (Å²) in [6.07, 6.45) is 5.10. The van der Waals surface area contributed by atoms with Gasteiger partial charge in [-0.2, -0.15) is 0 Å². The van der Waals surface area contributed by atoms with Gasteiger partial charge in [0.05, 0.1) is 5.56 Å². The largest absolute Gasteiger partial charge is 0.483 e. The lowest BCUT2D eigenvalue weighted by Gasteiger charge is -2.19. The maximum Gasteiger partial charge on any atom is 0.335 e.